The summed E-state index contributed by atoms with van der Waals surface area (Å²) in [6.07, 6.45) is 1.04. The number of carboxylic acids is 1. The molecule has 0 aliphatic carbocycles. The smallest absolute Gasteiger partial charge is 0.306 e. The molecular formula is C13H16F2O3. The number of carbonyl (C=O) groups is 1. The number of unbranched alkanes of at least 4 members (excludes halogenated alkanes) is 1. The SMILES string of the molecule is CCCCC(O)(CC(=O)O)c1ccc(F)c(F)c1. The molecule has 0 spiro atoms. The Morgan fingerprint density at radius 1 is 1.33 bits per heavy atom. The molecule has 0 heterocycles. The molecule has 1 aromatic carbocycles. The summed E-state index contributed by atoms with van der Waals surface area (Å²) in [6, 6.07) is 2.97. The van der Waals surface area contributed by atoms with E-state index < -0.39 is 29.6 Å². The summed E-state index contributed by atoms with van der Waals surface area (Å²) in [6.45, 7) is 1.90. The Labute approximate surface area is 104 Å². The number of halogens is 2. The molecule has 0 aliphatic rings. The van der Waals surface area contributed by atoms with Crippen LogP contribution in [-0.2, 0) is 10.4 Å². The van der Waals surface area contributed by atoms with Gasteiger partial charge in [0.25, 0.3) is 0 Å². The third kappa shape index (κ3) is 3.50. The van der Waals surface area contributed by atoms with Crippen LogP contribution in [0.25, 0.3) is 0 Å². The van der Waals surface area contributed by atoms with Crippen molar-refractivity contribution in [3.8, 4) is 0 Å². The average Bonchev–Trinajstić information content (AvgIpc) is 2.29. The van der Waals surface area contributed by atoms with E-state index in [2.05, 4.69) is 0 Å². The Kier molecular flexibility index (Phi) is 4.78. The Morgan fingerprint density at radius 2 is 2.00 bits per heavy atom. The van der Waals surface area contributed by atoms with E-state index >= 15 is 0 Å². The van der Waals surface area contributed by atoms with Crippen LogP contribution in [-0.4, -0.2) is 16.2 Å². The number of hydrogen-bond acceptors (Lipinski definition) is 2. The number of benzene rings is 1. The zero-order valence-electron chi connectivity index (χ0n) is 10.1. The fourth-order valence-corrected chi connectivity index (χ4v) is 1.84. The first-order valence-electron chi connectivity index (χ1n) is 5.79. The van der Waals surface area contributed by atoms with E-state index in [-0.39, 0.29) is 12.0 Å². The van der Waals surface area contributed by atoms with Gasteiger partial charge in [-0.25, -0.2) is 8.78 Å². The van der Waals surface area contributed by atoms with E-state index in [9.17, 15) is 18.7 Å². The second-order valence-corrected chi connectivity index (χ2v) is 4.33. The van der Waals surface area contributed by atoms with Gasteiger partial charge in [-0.15, -0.1) is 0 Å². The first kappa shape index (κ1) is 14.6. The number of aliphatic carboxylic acids is 1. The van der Waals surface area contributed by atoms with Crippen molar-refractivity contribution in [3.63, 3.8) is 0 Å². The van der Waals surface area contributed by atoms with Gasteiger partial charge in [0.1, 0.15) is 5.60 Å². The number of carboxylic acid groups (broad SMARTS) is 1. The van der Waals surface area contributed by atoms with Gasteiger partial charge in [0, 0.05) is 0 Å². The second kappa shape index (κ2) is 5.91. The Balaban J connectivity index is 3.07. The summed E-state index contributed by atoms with van der Waals surface area (Å²) < 4.78 is 26.0. The maximum atomic E-state index is 13.1. The fourth-order valence-electron chi connectivity index (χ4n) is 1.84. The highest BCUT2D eigenvalue weighted by molar-refractivity contribution is 5.68. The van der Waals surface area contributed by atoms with E-state index in [4.69, 9.17) is 5.11 Å². The molecule has 1 unspecified atom stereocenters. The molecule has 0 aromatic heterocycles. The highest BCUT2D eigenvalue weighted by Gasteiger charge is 2.32. The van der Waals surface area contributed by atoms with Gasteiger partial charge in [-0.1, -0.05) is 25.8 Å². The van der Waals surface area contributed by atoms with Gasteiger partial charge in [0.05, 0.1) is 6.42 Å². The van der Waals surface area contributed by atoms with E-state index in [1.54, 1.807) is 0 Å². The molecule has 1 rings (SSSR count). The molecule has 100 valence electrons. The molecule has 0 saturated heterocycles. The summed E-state index contributed by atoms with van der Waals surface area (Å²) >= 11 is 0. The standard InChI is InChI=1S/C13H16F2O3/c1-2-3-6-13(18,8-12(16)17)9-4-5-10(14)11(15)7-9/h4-5,7,18H,2-3,6,8H2,1H3,(H,16,17). The van der Waals surface area contributed by atoms with Gasteiger partial charge in [0.2, 0.25) is 0 Å². The van der Waals surface area contributed by atoms with Gasteiger partial charge in [0.15, 0.2) is 11.6 Å². The monoisotopic (exact) mass is 258 g/mol. The summed E-state index contributed by atoms with van der Waals surface area (Å²) in [5, 5.41) is 19.1. The lowest BCUT2D eigenvalue weighted by Crippen LogP contribution is -2.29. The van der Waals surface area contributed by atoms with E-state index in [0.717, 1.165) is 18.6 Å². The predicted molar refractivity (Wildman–Crippen MR) is 62.0 cm³/mol. The normalized spacial score (nSPS) is 14.2. The molecule has 0 saturated carbocycles. The molecule has 0 fully saturated rings. The van der Waals surface area contributed by atoms with Crippen molar-refractivity contribution < 1.29 is 23.8 Å². The first-order valence-corrected chi connectivity index (χ1v) is 5.79. The third-order valence-electron chi connectivity index (χ3n) is 2.84. The van der Waals surface area contributed by atoms with Gasteiger partial charge in [-0.3, -0.25) is 4.79 Å². The summed E-state index contributed by atoms with van der Waals surface area (Å²) in [5.74, 6) is -3.29. The molecule has 1 atom stereocenters. The molecule has 18 heavy (non-hydrogen) atoms. The van der Waals surface area contributed by atoms with Crippen LogP contribution in [0.15, 0.2) is 18.2 Å². The summed E-state index contributed by atoms with van der Waals surface area (Å²) in [4.78, 5) is 10.8. The maximum Gasteiger partial charge on any atom is 0.306 e. The van der Waals surface area contributed by atoms with Crippen LogP contribution >= 0.6 is 0 Å². The van der Waals surface area contributed by atoms with Crippen LogP contribution in [0.3, 0.4) is 0 Å². The van der Waals surface area contributed by atoms with Crippen molar-refractivity contribution in [3.05, 3.63) is 35.4 Å². The van der Waals surface area contributed by atoms with Crippen molar-refractivity contribution in [1.82, 2.24) is 0 Å². The lowest BCUT2D eigenvalue weighted by atomic mass is 9.85. The average molecular weight is 258 g/mol. The molecular weight excluding hydrogens is 242 g/mol. The van der Waals surface area contributed by atoms with Crippen molar-refractivity contribution in [1.29, 1.82) is 0 Å². The lowest BCUT2D eigenvalue weighted by molar-refractivity contribution is -0.143. The van der Waals surface area contributed by atoms with Gasteiger partial charge in [-0.05, 0) is 24.1 Å². The van der Waals surface area contributed by atoms with Crippen molar-refractivity contribution in [2.45, 2.75) is 38.2 Å². The largest absolute Gasteiger partial charge is 0.481 e. The lowest BCUT2D eigenvalue weighted by Gasteiger charge is -2.27. The van der Waals surface area contributed by atoms with Crippen LogP contribution in [0, 0.1) is 11.6 Å². The van der Waals surface area contributed by atoms with Crippen LogP contribution in [0.5, 0.6) is 0 Å². The molecule has 3 nitrogen and oxygen atoms in total. The van der Waals surface area contributed by atoms with Crippen molar-refractivity contribution >= 4 is 5.97 Å². The van der Waals surface area contributed by atoms with E-state index in [0.29, 0.717) is 6.42 Å². The number of hydrogen-bond donors (Lipinski definition) is 2. The quantitative estimate of drug-likeness (QED) is 0.824. The minimum absolute atomic E-state index is 0.0947. The molecule has 0 aliphatic heterocycles. The zero-order chi connectivity index (χ0) is 13.8. The van der Waals surface area contributed by atoms with Crippen LogP contribution in [0.1, 0.15) is 38.2 Å². The van der Waals surface area contributed by atoms with Crippen molar-refractivity contribution in [2.75, 3.05) is 0 Å². The molecule has 0 radical (unpaired) electrons. The molecule has 0 bridgehead atoms. The van der Waals surface area contributed by atoms with E-state index in [1.807, 2.05) is 6.92 Å². The summed E-state index contributed by atoms with van der Waals surface area (Å²) in [7, 11) is 0. The Morgan fingerprint density at radius 3 is 2.50 bits per heavy atom. The van der Waals surface area contributed by atoms with Gasteiger partial charge in [-0.2, -0.15) is 0 Å². The minimum atomic E-state index is -1.66. The number of aliphatic hydroxyl groups is 1. The Hall–Kier alpha value is -1.49. The van der Waals surface area contributed by atoms with E-state index in [1.165, 1.54) is 6.07 Å². The van der Waals surface area contributed by atoms with Crippen LogP contribution < -0.4 is 0 Å². The van der Waals surface area contributed by atoms with Gasteiger partial charge >= 0.3 is 5.97 Å². The highest BCUT2D eigenvalue weighted by Crippen LogP contribution is 2.31. The predicted octanol–water partition coefficient (Wildman–Crippen LogP) is 2.82. The van der Waals surface area contributed by atoms with Gasteiger partial charge < -0.3 is 10.2 Å². The molecule has 0 amide bonds. The molecule has 2 N–H and O–H groups in total. The first-order chi connectivity index (χ1) is 8.39. The topological polar surface area (TPSA) is 57.5 Å². The van der Waals surface area contributed by atoms with Crippen molar-refractivity contribution in [2.24, 2.45) is 0 Å². The van der Waals surface area contributed by atoms with Crippen LogP contribution in [0.2, 0.25) is 0 Å². The molecule has 1 aromatic rings. The van der Waals surface area contributed by atoms with Crippen LogP contribution in [0.4, 0.5) is 8.78 Å². The third-order valence-corrected chi connectivity index (χ3v) is 2.84. The second-order valence-electron chi connectivity index (χ2n) is 4.33. The Bertz CT molecular complexity index is 434. The molecule has 5 heteroatoms. The zero-order valence-corrected chi connectivity index (χ0v) is 10.1. The summed E-state index contributed by atoms with van der Waals surface area (Å²) in [5.41, 5.74) is -1.56. The fraction of sp³-hybridized carbons (Fsp3) is 0.462. The highest BCUT2D eigenvalue weighted by atomic mass is 19.2. The maximum absolute atomic E-state index is 13.1. The minimum Gasteiger partial charge on any atom is -0.481 e. The number of rotatable bonds is 6.